The maximum atomic E-state index is 13.5. The van der Waals surface area contributed by atoms with Crippen LogP contribution in [0.5, 0.6) is 5.75 Å². The van der Waals surface area contributed by atoms with Crippen molar-refractivity contribution in [2.75, 3.05) is 23.7 Å². The standard InChI is InChI=1S/C23H27N3O5S/c1-14-7-4-5-9-18(14)24-23(28)17-8-6-10-26(13-17)32(29,30)21-12-20-19(11-15(21)2)25-22(27)16(3)31-20/h4-5,7,9,11-12,16-17H,6,8,10,13H2,1-3H3,(H,24,28)(H,25,27)/t16-,17-/m1/s1. The molecule has 0 aliphatic carbocycles. The Kier molecular flexibility index (Phi) is 5.96. The molecule has 0 spiro atoms. The average molecular weight is 458 g/mol. The molecule has 2 aliphatic rings. The van der Waals surface area contributed by atoms with Crippen LogP contribution < -0.4 is 15.4 Å². The van der Waals surface area contributed by atoms with Crippen molar-refractivity contribution >= 4 is 33.2 Å². The summed E-state index contributed by atoms with van der Waals surface area (Å²) >= 11 is 0. The lowest BCUT2D eigenvalue weighted by molar-refractivity contribution is -0.123. The molecule has 2 heterocycles. The Morgan fingerprint density at radius 1 is 1.19 bits per heavy atom. The van der Waals surface area contributed by atoms with Gasteiger partial charge in [0.25, 0.3) is 5.91 Å². The molecular weight excluding hydrogens is 430 g/mol. The van der Waals surface area contributed by atoms with Gasteiger partial charge < -0.3 is 15.4 Å². The van der Waals surface area contributed by atoms with Crippen LogP contribution >= 0.6 is 0 Å². The van der Waals surface area contributed by atoms with Crippen LogP contribution in [0.15, 0.2) is 41.3 Å². The second-order valence-corrected chi connectivity index (χ2v) is 10.3. The van der Waals surface area contributed by atoms with E-state index in [1.54, 1.807) is 19.9 Å². The molecule has 2 N–H and O–H groups in total. The van der Waals surface area contributed by atoms with Crippen molar-refractivity contribution < 1.29 is 22.7 Å². The first-order chi connectivity index (χ1) is 15.2. The summed E-state index contributed by atoms with van der Waals surface area (Å²) in [6.07, 6.45) is 0.517. The zero-order chi connectivity index (χ0) is 23.0. The van der Waals surface area contributed by atoms with Crippen LogP contribution in [0.3, 0.4) is 0 Å². The third-order valence-corrected chi connectivity index (χ3v) is 7.99. The van der Waals surface area contributed by atoms with Gasteiger partial charge in [0, 0.05) is 24.8 Å². The Bertz CT molecular complexity index is 1180. The van der Waals surface area contributed by atoms with E-state index < -0.39 is 22.0 Å². The van der Waals surface area contributed by atoms with Crippen molar-refractivity contribution in [3.63, 3.8) is 0 Å². The maximum Gasteiger partial charge on any atom is 0.265 e. The highest BCUT2D eigenvalue weighted by atomic mass is 32.2. The fourth-order valence-corrected chi connectivity index (χ4v) is 5.83. The lowest BCUT2D eigenvalue weighted by Gasteiger charge is -2.32. The van der Waals surface area contributed by atoms with E-state index in [2.05, 4.69) is 10.6 Å². The average Bonchev–Trinajstić information content (AvgIpc) is 2.76. The van der Waals surface area contributed by atoms with E-state index in [-0.39, 0.29) is 23.3 Å². The zero-order valence-corrected chi connectivity index (χ0v) is 19.2. The smallest absolute Gasteiger partial charge is 0.265 e. The molecule has 2 amide bonds. The van der Waals surface area contributed by atoms with Crippen molar-refractivity contribution in [3.8, 4) is 5.75 Å². The monoisotopic (exact) mass is 457 g/mol. The highest BCUT2D eigenvalue weighted by Gasteiger charge is 2.35. The number of sulfonamides is 1. The van der Waals surface area contributed by atoms with Crippen LogP contribution in [-0.2, 0) is 19.6 Å². The number of fused-ring (bicyclic) bond motifs is 1. The molecule has 4 rings (SSSR count). The Morgan fingerprint density at radius 3 is 2.69 bits per heavy atom. The van der Waals surface area contributed by atoms with Crippen molar-refractivity contribution in [1.29, 1.82) is 0 Å². The van der Waals surface area contributed by atoms with E-state index in [1.165, 1.54) is 10.4 Å². The molecule has 2 atom stereocenters. The van der Waals surface area contributed by atoms with Crippen LogP contribution in [0, 0.1) is 19.8 Å². The van der Waals surface area contributed by atoms with E-state index in [1.807, 2.05) is 31.2 Å². The molecule has 9 heteroatoms. The number of carbonyl (C=O) groups is 2. The number of benzene rings is 2. The summed E-state index contributed by atoms with van der Waals surface area (Å²) in [7, 11) is -3.84. The summed E-state index contributed by atoms with van der Waals surface area (Å²) in [6.45, 7) is 5.67. The number of ether oxygens (including phenoxy) is 1. The number of nitrogens with one attached hydrogen (secondary N) is 2. The largest absolute Gasteiger partial charge is 0.479 e. The Morgan fingerprint density at radius 2 is 1.94 bits per heavy atom. The molecule has 2 aromatic rings. The number of hydrogen-bond acceptors (Lipinski definition) is 5. The van der Waals surface area contributed by atoms with Gasteiger partial charge in [-0.15, -0.1) is 0 Å². The summed E-state index contributed by atoms with van der Waals surface area (Å²) in [6, 6.07) is 10.6. The van der Waals surface area contributed by atoms with Crippen LogP contribution in [-0.4, -0.2) is 43.7 Å². The number of anilines is 2. The first-order valence-electron chi connectivity index (χ1n) is 10.7. The molecule has 0 saturated carbocycles. The van der Waals surface area contributed by atoms with Gasteiger partial charge in [-0.3, -0.25) is 9.59 Å². The SMILES string of the molecule is Cc1ccccc1NC(=O)[C@@H]1CCCN(S(=O)(=O)c2cc3c(cc2C)NC(=O)[C@@H](C)O3)C1. The summed E-state index contributed by atoms with van der Waals surface area (Å²) in [5, 5.41) is 5.67. The number of aryl methyl sites for hydroxylation is 2. The second kappa shape index (κ2) is 8.55. The van der Waals surface area contributed by atoms with Crippen LogP contribution in [0.2, 0.25) is 0 Å². The molecule has 8 nitrogen and oxygen atoms in total. The summed E-state index contributed by atoms with van der Waals surface area (Å²) in [5.41, 5.74) is 2.65. The lowest BCUT2D eigenvalue weighted by atomic mass is 9.98. The van der Waals surface area contributed by atoms with Crippen LogP contribution in [0.25, 0.3) is 0 Å². The molecule has 2 aliphatic heterocycles. The minimum absolute atomic E-state index is 0.116. The Labute approximate surface area is 188 Å². The number of carbonyl (C=O) groups excluding carboxylic acids is 2. The van der Waals surface area contributed by atoms with Gasteiger partial charge in [0.2, 0.25) is 15.9 Å². The van der Waals surface area contributed by atoms with Crippen molar-refractivity contribution in [1.82, 2.24) is 4.31 Å². The molecule has 0 unspecified atom stereocenters. The van der Waals surface area contributed by atoms with Crippen molar-refractivity contribution in [3.05, 3.63) is 47.5 Å². The topological polar surface area (TPSA) is 105 Å². The van der Waals surface area contributed by atoms with E-state index in [9.17, 15) is 18.0 Å². The summed E-state index contributed by atoms with van der Waals surface area (Å²) < 4.78 is 33.9. The van der Waals surface area contributed by atoms with E-state index in [4.69, 9.17) is 4.74 Å². The third kappa shape index (κ3) is 4.22. The van der Waals surface area contributed by atoms with Crippen molar-refractivity contribution in [2.24, 2.45) is 5.92 Å². The van der Waals surface area contributed by atoms with E-state index in [0.717, 1.165) is 11.3 Å². The van der Waals surface area contributed by atoms with Gasteiger partial charge in [-0.05, 0) is 56.9 Å². The number of nitrogens with zero attached hydrogens (tertiary/aromatic N) is 1. The van der Waals surface area contributed by atoms with Crippen LogP contribution in [0.1, 0.15) is 30.9 Å². The van der Waals surface area contributed by atoms with E-state index in [0.29, 0.717) is 36.4 Å². The van der Waals surface area contributed by atoms with E-state index >= 15 is 0 Å². The van der Waals surface area contributed by atoms with Gasteiger partial charge in [-0.1, -0.05) is 18.2 Å². The minimum atomic E-state index is -3.84. The van der Waals surface area contributed by atoms with Gasteiger partial charge in [0.1, 0.15) is 5.75 Å². The molecular formula is C23H27N3O5S. The highest BCUT2D eigenvalue weighted by molar-refractivity contribution is 7.89. The highest BCUT2D eigenvalue weighted by Crippen LogP contribution is 2.36. The van der Waals surface area contributed by atoms with Crippen LogP contribution in [0.4, 0.5) is 11.4 Å². The first-order valence-corrected chi connectivity index (χ1v) is 12.1. The van der Waals surface area contributed by atoms with Gasteiger partial charge in [-0.25, -0.2) is 8.42 Å². The molecule has 1 saturated heterocycles. The molecule has 0 radical (unpaired) electrons. The lowest BCUT2D eigenvalue weighted by Crippen LogP contribution is -2.44. The first kappa shape index (κ1) is 22.3. The predicted octanol–water partition coefficient (Wildman–Crippen LogP) is 3.06. The molecule has 32 heavy (non-hydrogen) atoms. The summed E-state index contributed by atoms with van der Waals surface area (Å²) in [4.78, 5) is 24.8. The predicted molar refractivity (Wildman–Crippen MR) is 121 cm³/mol. The Hall–Kier alpha value is -2.91. The fraction of sp³-hybridized carbons (Fsp3) is 0.391. The normalized spacial score (nSPS) is 21.3. The number of piperidine rings is 1. The maximum absolute atomic E-state index is 13.5. The molecule has 1 fully saturated rings. The van der Waals surface area contributed by atoms with Gasteiger partial charge in [0.15, 0.2) is 6.10 Å². The second-order valence-electron chi connectivity index (χ2n) is 8.37. The molecule has 170 valence electrons. The van der Waals surface area contributed by atoms with Gasteiger partial charge in [0.05, 0.1) is 16.5 Å². The quantitative estimate of drug-likeness (QED) is 0.734. The number of amides is 2. The summed E-state index contributed by atoms with van der Waals surface area (Å²) in [5.74, 6) is -0.564. The molecule has 0 bridgehead atoms. The third-order valence-electron chi connectivity index (χ3n) is 5.98. The fourth-order valence-electron chi connectivity index (χ4n) is 4.08. The number of hydrogen-bond donors (Lipinski definition) is 2. The van der Waals surface area contributed by atoms with Gasteiger partial charge >= 0.3 is 0 Å². The van der Waals surface area contributed by atoms with Gasteiger partial charge in [-0.2, -0.15) is 4.31 Å². The molecule has 0 aromatic heterocycles. The minimum Gasteiger partial charge on any atom is -0.479 e. The Balaban J connectivity index is 1.55. The zero-order valence-electron chi connectivity index (χ0n) is 18.3. The van der Waals surface area contributed by atoms with Crippen molar-refractivity contribution in [2.45, 2.75) is 44.6 Å². The molecule has 2 aromatic carbocycles. The number of rotatable bonds is 4. The number of para-hydroxylation sites is 1.